The van der Waals surface area contributed by atoms with Gasteiger partial charge in [0.15, 0.2) is 5.58 Å². The fraction of sp³-hybridized carbons (Fsp3) is 0.519. The molecular weight excluding hydrogens is 486 g/mol. The highest BCUT2D eigenvalue weighted by molar-refractivity contribution is 6.35. The van der Waals surface area contributed by atoms with Gasteiger partial charge in [0.1, 0.15) is 17.0 Å². The maximum absolute atomic E-state index is 14.7. The van der Waals surface area contributed by atoms with Crippen molar-refractivity contribution in [2.45, 2.75) is 45.2 Å². The summed E-state index contributed by atoms with van der Waals surface area (Å²) >= 11 is 12.3. The second-order valence-corrected chi connectivity index (χ2v) is 11.5. The second-order valence-electron chi connectivity index (χ2n) is 10.6. The van der Waals surface area contributed by atoms with Crippen LogP contribution in [0, 0.1) is 23.6 Å². The fourth-order valence-corrected chi connectivity index (χ4v) is 6.46. The molecule has 1 unspecified atom stereocenters. The first kappa shape index (κ1) is 23.4. The molecule has 3 aliphatic rings. The maximum Gasteiger partial charge on any atom is 0.298 e. The van der Waals surface area contributed by atoms with Crippen molar-refractivity contribution in [2.75, 3.05) is 36.4 Å². The number of anilines is 2. The minimum absolute atomic E-state index is 0.307. The number of likely N-dealkylation sites (tertiary alicyclic amines) is 1. The van der Waals surface area contributed by atoms with Crippen LogP contribution in [0.15, 0.2) is 34.7 Å². The molecule has 1 saturated carbocycles. The third kappa shape index (κ3) is 4.61. The highest BCUT2D eigenvalue weighted by atomic mass is 35.5. The predicted octanol–water partition coefficient (Wildman–Crippen LogP) is 6.83. The van der Waals surface area contributed by atoms with E-state index in [-0.39, 0.29) is 5.82 Å². The van der Waals surface area contributed by atoms with Crippen molar-refractivity contribution in [1.82, 2.24) is 9.88 Å². The summed E-state index contributed by atoms with van der Waals surface area (Å²) in [4.78, 5) is 9.60. The number of rotatable bonds is 6. The Morgan fingerprint density at radius 1 is 1.11 bits per heavy atom. The average Bonchev–Trinajstić information content (AvgIpc) is 3.20. The van der Waals surface area contributed by atoms with Gasteiger partial charge in [-0.3, -0.25) is 0 Å². The van der Waals surface area contributed by atoms with Crippen molar-refractivity contribution in [2.24, 2.45) is 17.8 Å². The molecule has 1 atom stereocenters. The lowest BCUT2D eigenvalue weighted by atomic mass is 9.76. The third-order valence-electron chi connectivity index (χ3n) is 8.17. The van der Waals surface area contributed by atoms with Crippen molar-refractivity contribution >= 4 is 46.0 Å². The van der Waals surface area contributed by atoms with Crippen molar-refractivity contribution in [1.29, 1.82) is 0 Å². The van der Waals surface area contributed by atoms with E-state index in [0.717, 1.165) is 36.5 Å². The van der Waals surface area contributed by atoms with Gasteiger partial charge < -0.3 is 19.5 Å². The van der Waals surface area contributed by atoms with Gasteiger partial charge in [-0.1, -0.05) is 36.2 Å². The third-order valence-corrected chi connectivity index (χ3v) is 8.75. The normalized spacial score (nSPS) is 25.5. The summed E-state index contributed by atoms with van der Waals surface area (Å²) in [5.41, 5.74) is 2.23. The van der Waals surface area contributed by atoms with Gasteiger partial charge in [0.2, 0.25) is 0 Å². The van der Waals surface area contributed by atoms with Crippen LogP contribution in [0.2, 0.25) is 10.0 Å². The van der Waals surface area contributed by atoms with Crippen LogP contribution in [0.5, 0.6) is 0 Å². The topological polar surface area (TPSA) is 44.5 Å². The van der Waals surface area contributed by atoms with Crippen LogP contribution < -0.4 is 10.2 Å². The van der Waals surface area contributed by atoms with E-state index in [2.05, 4.69) is 27.0 Å². The number of piperidine rings is 1. The van der Waals surface area contributed by atoms with E-state index < -0.39 is 0 Å². The lowest BCUT2D eigenvalue weighted by Gasteiger charge is -2.50. The molecule has 0 amide bonds. The highest BCUT2D eigenvalue weighted by Gasteiger charge is 2.40. The van der Waals surface area contributed by atoms with Gasteiger partial charge in [0, 0.05) is 42.3 Å². The summed E-state index contributed by atoms with van der Waals surface area (Å²) in [5, 5.41) is 4.26. The van der Waals surface area contributed by atoms with Crippen molar-refractivity contribution in [3.63, 3.8) is 0 Å². The van der Waals surface area contributed by atoms with Gasteiger partial charge in [-0.15, -0.1) is 0 Å². The Hall–Kier alpha value is -2.02. The summed E-state index contributed by atoms with van der Waals surface area (Å²) in [6.07, 6.45) is 5.35. The summed E-state index contributed by atoms with van der Waals surface area (Å²) in [6, 6.07) is 9.78. The Balaban J connectivity index is 1.12. The van der Waals surface area contributed by atoms with Crippen LogP contribution in [0.25, 0.3) is 11.1 Å². The number of hydrogen-bond acceptors (Lipinski definition) is 5. The molecule has 2 aliphatic heterocycles. The van der Waals surface area contributed by atoms with E-state index in [0.29, 0.717) is 45.3 Å². The number of benzene rings is 2. The van der Waals surface area contributed by atoms with E-state index in [4.69, 9.17) is 27.6 Å². The van der Waals surface area contributed by atoms with Gasteiger partial charge in [0.25, 0.3) is 6.01 Å². The van der Waals surface area contributed by atoms with Crippen LogP contribution in [0.3, 0.4) is 0 Å². The zero-order valence-corrected chi connectivity index (χ0v) is 21.5. The quantitative estimate of drug-likeness (QED) is 0.388. The molecule has 0 bridgehead atoms. The Morgan fingerprint density at radius 2 is 1.94 bits per heavy atom. The van der Waals surface area contributed by atoms with Crippen molar-refractivity contribution in [3.05, 3.63) is 51.8 Å². The van der Waals surface area contributed by atoms with Crippen LogP contribution in [0.4, 0.5) is 16.1 Å². The minimum atomic E-state index is -0.376. The monoisotopic (exact) mass is 516 g/mol. The molecule has 2 aromatic carbocycles. The Kier molecular flexibility index (Phi) is 6.32. The standard InChI is InChI=1S/C27H31Cl2FN4O/c1-16-9-21(10-16)33-8-2-3-18(13-33)19-14-34(15-19)27-32-24-7-6-23(30)25(26(24)35-27)31-12-17-4-5-20(28)11-22(17)29/h4-7,11,16,18-19,21,31H,2-3,8-10,12-15H2,1H3. The lowest BCUT2D eigenvalue weighted by Crippen LogP contribution is -2.56. The molecule has 3 fully saturated rings. The number of fused-ring (bicyclic) bond motifs is 1. The molecule has 2 saturated heterocycles. The summed E-state index contributed by atoms with van der Waals surface area (Å²) in [5.74, 6) is 1.94. The van der Waals surface area contributed by atoms with Gasteiger partial charge in [0.05, 0.1) is 0 Å². The van der Waals surface area contributed by atoms with E-state index in [9.17, 15) is 4.39 Å². The summed E-state index contributed by atoms with van der Waals surface area (Å²) in [7, 11) is 0. The first-order valence-corrected chi connectivity index (χ1v) is 13.5. The molecule has 0 spiro atoms. The van der Waals surface area contributed by atoms with Crippen LogP contribution in [-0.4, -0.2) is 42.1 Å². The zero-order chi connectivity index (χ0) is 24.1. The van der Waals surface area contributed by atoms with E-state index in [1.807, 2.05) is 6.07 Å². The molecular formula is C27H31Cl2FN4O. The van der Waals surface area contributed by atoms with Gasteiger partial charge >= 0.3 is 0 Å². The molecule has 6 rings (SSSR count). The highest BCUT2D eigenvalue weighted by Crippen LogP contribution is 2.39. The van der Waals surface area contributed by atoms with E-state index >= 15 is 0 Å². The largest absolute Gasteiger partial charge is 0.421 e. The summed E-state index contributed by atoms with van der Waals surface area (Å²) < 4.78 is 20.8. The Morgan fingerprint density at radius 3 is 2.71 bits per heavy atom. The molecule has 35 heavy (non-hydrogen) atoms. The van der Waals surface area contributed by atoms with Gasteiger partial charge in [-0.05, 0) is 79.8 Å². The van der Waals surface area contributed by atoms with E-state index in [1.165, 1.54) is 44.8 Å². The van der Waals surface area contributed by atoms with Crippen molar-refractivity contribution in [3.8, 4) is 0 Å². The molecule has 3 aromatic rings. The van der Waals surface area contributed by atoms with Gasteiger partial charge in [-0.2, -0.15) is 4.98 Å². The van der Waals surface area contributed by atoms with E-state index in [1.54, 1.807) is 18.2 Å². The molecule has 186 valence electrons. The summed E-state index contributed by atoms with van der Waals surface area (Å²) in [6.45, 7) is 7.12. The SMILES string of the molecule is CC1CC(N2CCCC(C3CN(c4nc5ccc(F)c(NCc6ccc(Cl)cc6Cl)c5o4)C3)C2)C1. The zero-order valence-electron chi connectivity index (χ0n) is 19.9. The second kappa shape index (κ2) is 9.45. The molecule has 5 nitrogen and oxygen atoms in total. The minimum Gasteiger partial charge on any atom is -0.421 e. The number of nitrogens with one attached hydrogen (secondary N) is 1. The average molecular weight is 517 g/mol. The van der Waals surface area contributed by atoms with Crippen LogP contribution in [-0.2, 0) is 6.54 Å². The molecule has 1 N–H and O–H groups in total. The number of hydrogen-bond donors (Lipinski definition) is 1. The van der Waals surface area contributed by atoms with Crippen LogP contribution >= 0.6 is 23.2 Å². The first-order valence-electron chi connectivity index (χ1n) is 12.7. The molecule has 0 radical (unpaired) electrons. The first-order chi connectivity index (χ1) is 16.9. The molecule has 8 heteroatoms. The predicted molar refractivity (Wildman–Crippen MR) is 140 cm³/mol. The van der Waals surface area contributed by atoms with Gasteiger partial charge in [-0.25, -0.2) is 4.39 Å². The Labute approximate surface area is 215 Å². The smallest absolute Gasteiger partial charge is 0.298 e. The number of halogens is 3. The van der Waals surface area contributed by atoms with Crippen molar-refractivity contribution < 1.29 is 8.81 Å². The number of nitrogens with zero attached hydrogens (tertiary/aromatic N) is 3. The number of aromatic nitrogens is 1. The molecule has 3 heterocycles. The fourth-order valence-electron chi connectivity index (χ4n) is 5.99. The van der Waals surface area contributed by atoms with Crippen LogP contribution in [0.1, 0.15) is 38.2 Å². The number of oxazole rings is 1. The lowest BCUT2D eigenvalue weighted by molar-refractivity contribution is 0.0291. The Bertz CT molecular complexity index is 1220. The maximum atomic E-state index is 14.7. The molecule has 1 aromatic heterocycles. The molecule has 1 aliphatic carbocycles.